The largest absolute Gasteiger partial charge is 0.492 e. The lowest BCUT2D eigenvalue weighted by Gasteiger charge is -2.45. The third-order valence-electron chi connectivity index (χ3n) is 7.87. The molecule has 2 aliphatic heterocycles. The van der Waals surface area contributed by atoms with Crippen LogP contribution in [0.2, 0.25) is 0 Å². The molecule has 0 atom stereocenters. The second-order valence-electron chi connectivity index (χ2n) is 10.5. The van der Waals surface area contributed by atoms with Crippen LogP contribution in [0.25, 0.3) is 0 Å². The molecular weight excluding hydrogens is 439 g/mol. The number of hydrogen-bond acceptors (Lipinski definition) is 3. The Balaban J connectivity index is 1.40. The summed E-state index contributed by atoms with van der Waals surface area (Å²) in [6, 6.07) is 14.8. The molecule has 0 saturated carbocycles. The summed E-state index contributed by atoms with van der Waals surface area (Å²) in [6.07, 6.45) is 9.53. The average molecular weight is 481 g/mol. The third kappa shape index (κ3) is 7.30. The maximum absolute atomic E-state index is 13.2. The lowest BCUT2D eigenvalue weighted by molar-refractivity contribution is -0.133. The molecule has 0 bridgehead atoms. The molecular formula is C30H41FN2O2. The maximum Gasteiger partial charge on any atom is 0.226 e. The predicted molar refractivity (Wildman–Crippen MR) is 139 cm³/mol. The molecule has 4 rings (SSSR count). The zero-order valence-electron chi connectivity index (χ0n) is 21.3. The molecule has 2 aliphatic rings. The summed E-state index contributed by atoms with van der Waals surface area (Å²) in [4.78, 5) is 17.6. The number of amides is 1. The first-order valence-electron chi connectivity index (χ1n) is 13.5. The number of benzene rings is 2. The van der Waals surface area contributed by atoms with Crippen molar-refractivity contribution in [2.45, 2.75) is 64.7 Å². The van der Waals surface area contributed by atoms with Crippen LogP contribution in [0.1, 0.15) is 63.0 Å². The number of ether oxygens (including phenoxy) is 1. The molecule has 0 radical (unpaired) electrons. The third-order valence-corrected chi connectivity index (χ3v) is 7.87. The topological polar surface area (TPSA) is 32.8 Å². The van der Waals surface area contributed by atoms with Crippen LogP contribution in [-0.4, -0.2) is 55.0 Å². The van der Waals surface area contributed by atoms with Gasteiger partial charge in [-0.3, -0.25) is 9.69 Å². The summed E-state index contributed by atoms with van der Waals surface area (Å²) in [5, 5.41) is 0. The van der Waals surface area contributed by atoms with Crippen molar-refractivity contribution in [3.63, 3.8) is 0 Å². The number of fused-ring (bicyclic) bond motifs is 1. The van der Waals surface area contributed by atoms with Crippen molar-refractivity contribution in [1.82, 2.24) is 9.80 Å². The van der Waals surface area contributed by atoms with Crippen LogP contribution in [0.15, 0.2) is 48.5 Å². The van der Waals surface area contributed by atoms with E-state index >= 15 is 0 Å². The SMILES string of the molecule is CCCCN1CCOc2ccccc2CCCCC2(CCN(C(=O)Cc3ccc(F)cc3)CC2)C1. The molecule has 1 saturated heterocycles. The number of unbranched alkanes of at least 4 members (excludes halogenated alkanes) is 1. The van der Waals surface area contributed by atoms with E-state index in [4.69, 9.17) is 4.74 Å². The fourth-order valence-electron chi connectivity index (χ4n) is 5.68. The predicted octanol–water partition coefficient (Wildman–Crippen LogP) is 5.88. The summed E-state index contributed by atoms with van der Waals surface area (Å²) in [6.45, 7) is 7.77. The zero-order valence-corrected chi connectivity index (χ0v) is 21.3. The molecule has 1 fully saturated rings. The summed E-state index contributed by atoms with van der Waals surface area (Å²) in [7, 11) is 0. The number of rotatable bonds is 5. The summed E-state index contributed by atoms with van der Waals surface area (Å²) < 4.78 is 19.5. The molecule has 0 aromatic heterocycles. The normalized spacial score (nSPS) is 19.3. The number of nitrogens with zero attached hydrogens (tertiary/aromatic N) is 2. The minimum absolute atomic E-state index is 0.160. The van der Waals surface area contributed by atoms with E-state index < -0.39 is 0 Å². The molecule has 1 spiro atoms. The molecule has 0 unspecified atom stereocenters. The van der Waals surface area contributed by atoms with Crippen molar-refractivity contribution in [2.24, 2.45) is 5.41 Å². The first-order valence-corrected chi connectivity index (χ1v) is 13.5. The summed E-state index contributed by atoms with van der Waals surface area (Å²) in [5.41, 5.74) is 2.47. The number of carbonyl (C=O) groups excluding carboxylic acids is 1. The Labute approximate surface area is 210 Å². The molecule has 0 aliphatic carbocycles. The van der Waals surface area contributed by atoms with E-state index in [2.05, 4.69) is 36.1 Å². The second kappa shape index (κ2) is 12.5. The summed E-state index contributed by atoms with van der Waals surface area (Å²) in [5.74, 6) is 0.948. The Hall–Kier alpha value is -2.40. The van der Waals surface area contributed by atoms with Crippen LogP contribution in [-0.2, 0) is 17.6 Å². The van der Waals surface area contributed by atoms with E-state index in [1.54, 1.807) is 12.1 Å². The van der Waals surface area contributed by atoms with Gasteiger partial charge in [0.15, 0.2) is 0 Å². The fourth-order valence-corrected chi connectivity index (χ4v) is 5.68. The van der Waals surface area contributed by atoms with Gasteiger partial charge >= 0.3 is 0 Å². The lowest BCUT2D eigenvalue weighted by atomic mass is 9.73. The fraction of sp³-hybridized carbons (Fsp3) is 0.567. The molecule has 2 aromatic rings. The second-order valence-corrected chi connectivity index (χ2v) is 10.5. The van der Waals surface area contributed by atoms with Gasteiger partial charge in [-0.15, -0.1) is 0 Å². The van der Waals surface area contributed by atoms with Gasteiger partial charge < -0.3 is 9.64 Å². The van der Waals surface area contributed by atoms with E-state index in [0.717, 1.165) is 69.9 Å². The van der Waals surface area contributed by atoms with Gasteiger partial charge in [-0.1, -0.05) is 50.1 Å². The first kappa shape index (κ1) is 25.7. The number of carbonyl (C=O) groups is 1. The summed E-state index contributed by atoms with van der Waals surface area (Å²) >= 11 is 0. The minimum Gasteiger partial charge on any atom is -0.492 e. The number of piperidine rings is 1. The van der Waals surface area contributed by atoms with E-state index in [1.165, 1.54) is 49.8 Å². The van der Waals surface area contributed by atoms with Crippen molar-refractivity contribution in [2.75, 3.05) is 39.3 Å². The van der Waals surface area contributed by atoms with Gasteiger partial charge in [-0.05, 0) is 79.8 Å². The Kier molecular flexibility index (Phi) is 9.19. The highest BCUT2D eigenvalue weighted by atomic mass is 19.1. The van der Waals surface area contributed by atoms with Gasteiger partial charge in [0.2, 0.25) is 5.91 Å². The highest BCUT2D eigenvalue weighted by Gasteiger charge is 2.37. The van der Waals surface area contributed by atoms with Gasteiger partial charge in [0, 0.05) is 26.2 Å². The van der Waals surface area contributed by atoms with Gasteiger partial charge in [0.25, 0.3) is 0 Å². The molecule has 1 amide bonds. The monoisotopic (exact) mass is 480 g/mol. The van der Waals surface area contributed by atoms with E-state index in [-0.39, 0.29) is 17.1 Å². The number of likely N-dealkylation sites (tertiary alicyclic amines) is 1. The Morgan fingerprint density at radius 3 is 2.54 bits per heavy atom. The van der Waals surface area contributed by atoms with Gasteiger partial charge in [-0.2, -0.15) is 0 Å². The van der Waals surface area contributed by atoms with Crippen LogP contribution < -0.4 is 4.74 Å². The smallest absolute Gasteiger partial charge is 0.226 e. The van der Waals surface area contributed by atoms with E-state index in [9.17, 15) is 9.18 Å². The number of halogens is 1. The maximum atomic E-state index is 13.2. The lowest BCUT2D eigenvalue weighted by Crippen LogP contribution is -2.49. The molecule has 2 aromatic carbocycles. The average Bonchev–Trinajstić information content (AvgIpc) is 2.87. The molecule has 190 valence electrons. The first-order chi connectivity index (χ1) is 17.1. The Bertz CT molecular complexity index is 938. The quantitative estimate of drug-likeness (QED) is 0.535. The van der Waals surface area contributed by atoms with Crippen molar-refractivity contribution in [3.05, 3.63) is 65.5 Å². The molecule has 35 heavy (non-hydrogen) atoms. The molecule has 2 heterocycles. The van der Waals surface area contributed by atoms with Crippen LogP contribution >= 0.6 is 0 Å². The molecule has 4 nitrogen and oxygen atoms in total. The standard InChI is InChI=1S/C30H41FN2O2/c1-2-3-18-32-21-22-35-28-10-5-4-8-26(28)9-6-7-15-30(24-32)16-19-33(20-17-30)29(34)23-25-11-13-27(31)14-12-25/h4-5,8,10-14H,2-3,6-7,9,15-24H2,1H3. The molecule has 5 heteroatoms. The number of hydrogen-bond donors (Lipinski definition) is 0. The van der Waals surface area contributed by atoms with E-state index in [1.807, 2.05) is 4.90 Å². The Morgan fingerprint density at radius 2 is 1.77 bits per heavy atom. The van der Waals surface area contributed by atoms with Gasteiger partial charge in [0.05, 0.1) is 6.42 Å². The zero-order chi connectivity index (χ0) is 24.5. The minimum atomic E-state index is -0.259. The number of aryl methyl sites for hydroxylation is 1. The molecule has 0 N–H and O–H groups in total. The van der Waals surface area contributed by atoms with Crippen LogP contribution in [0.3, 0.4) is 0 Å². The van der Waals surface area contributed by atoms with Crippen molar-refractivity contribution in [1.29, 1.82) is 0 Å². The highest BCUT2D eigenvalue weighted by molar-refractivity contribution is 5.78. The van der Waals surface area contributed by atoms with Crippen molar-refractivity contribution < 1.29 is 13.9 Å². The van der Waals surface area contributed by atoms with Gasteiger partial charge in [0.1, 0.15) is 18.2 Å². The van der Waals surface area contributed by atoms with Crippen LogP contribution in [0.4, 0.5) is 4.39 Å². The van der Waals surface area contributed by atoms with E-state index in [0.29, 0.717) is 6.42 Å². The highest BCUT2D eigenvalue weighted by Crippen LogP contribution is 2.38. The van der Waals surface area contributed by atoms with Crippen LogP contribution in [0.5, 0.6) is 5.75 Å². The van der Waals surface area contributed by atoms with Gasteiger partial charge in [-0.25, -0.2) is 4.39 Å². The van der Waals surface area contributed by atoms with Crippen molar-refractivity contribution >= 4 is 5.91 Å². The van der Waals surface area contributed by atoms with Crippen molar-refractivity contribution in [3.8, 4) is 5.75 Å². The number of para-hydroxylation sites is 1. The van der Waals surface area contributed by atoms with Crippen LogP contribution in [0, 0.1) is 11.2 Å². The Morgan fingerprint density at radius 1 is 1.00 bits per heavy atom.